The number of isocyanates is 1. The first-order chi connectivity index (χ1) is 6.40. The van der Waals surface area contributed by atoms with Gasteiger partial charge in [0.25, 0.3) is 0 Å². The van der Waals surface area contributed by atoms with Crippen molar-refractivity contribution in [1.82, 2.24) is 9.38 Å². The number of carbonyl (C=O) groups excluding carboxylic acids is 1. The third-order valence-electron chi connectivity index (χ3n) is 1.72. The molecule has 4 heteroatoms. The highest BCUT2D eigenvalue weighted by molar-refractivity contribution is 5.40. The second-order valence-corrected chi connectivity index (χ2v) is 2.61. The minimum atomic E-state index is 0.297. The lowest BCUT2D eigenvalue weighted by atomic mass is 10.5. The van der Waals surface area contributed by atoms with Crippen molar-refractivity contribution in [3.8, 4) is 0 Å². The van der Waals surface area contributed by atoms with Crippen LogP contribution in [0.5, 0.6) is 0 Å². The summed E-state index contributed by atoms with van der Waals surface area (Å²) in [4.78, 5) is 17.6. The van der Waals surface area contributed by atoms with Crippen molar-refractivity contribution < 1.29 is 4.79 Å². The number of hydrogen-bond acceptors (Lipinski definition) is 3. The normalized spacial score (nSPS) is 9.85. The fraction of sp³-hybridized carbons (Fsp3) is 0.111. The number of rotatable bonds is 2. The highest BCUT2D eigenvalue weighted by Crippen LogP contribution is 2.04. The molecule has 13 heavy (non-hydrogen) atoms. The maximum atomic E-state index is 9.87. The quantitative estimate of drug-likeness (QED) is 0.505. The van der Waals surface area contributed by atoms with Crippen molar-refractivity contribution in [2.75, 3.05) is 0 Å². The lowest BCUT2D eigenvalue weighted by molar-refractivity contribution is 0.562. The van der Waals surface area contributed by atoms with E-state index in [9.17, 15) is 4.79 Å². The number of aliphatic imine (C=N–C) groups is 1. The zero-order chi connectivity index (χ0) is 9.10. The standard InChI is InChI=1S/C9H7N3O/c13-7-10-5-8-6-12-4-2-1-3-9(12)11-8/h1-4,6H,5H2. The summed E-state index contributed by atoms with van der Waals surface area (Å²) in [7, 11) is 0. The van der Waals surface area contributed by atoms with E-state index >= 15 is 0 Å². The molecule has 0 bridgehead atoms. The molecule has 0 aliphatic heterocycles. The molecule has 2 heterocycles. The van der Waals surface area contributed by atoms with Crippen molar-refractivity contribution in [2.45, 2.75) is 6.54 Å². The molecule has 4 nitrogen and oxygen atoms in total. The maximum Gasteiger partial charge on any atom is 0.235 e. The lowest BCUT2D eigenvalue weighted by Crippen LogP contribution is -1.78. The Labute approximate surface area is 74.6 Å². The first-order valence-electron chi connectivity index (χ1n) is 3.86. The zero-order valence-corrected chi connectivity index (χ0v) is 6.84. The molecule has 0 spiro atoms. The summed E-state index contributed by atoms with van der Waals surface area (Å²) in [5, 5.41) is 0. The molecule has 0 aromatic carbocycles. The first kappa shape index (κ1) is 7.71. The molecule has 2 aromatic heterocycles. The highest BCUT2D eigenvalue weighted by Gasteiger charge is 1.98. The van der Waals surface area contributed by atoms with Crippen molar-refractivity contribution in [2.24, 2.45) is 4.99 Å². The van der Waals surface area contributed by atoms with Crippen LogP contribution in [0.1, 0.15) is 5.69 Å². The molecule has 0 aliphatic carbocycles. The Hall–Kier alpha value is -1.93. The minimum Gasteiger partial charge on any atom is -0.307 e. The van der Waals surface area contributed by atoms with Gasteiger partial charge in [0.1, 0.15) is 5.65 Å². The molecule has 0 atom stereocenters. The summed E-state index contributed by atoms with van der Waals surface area (Å²) in [5.41, 5.74) is 1.63. The van der Waals surface area contributed by atoms with Crippen molar-refractivity contribution in [3.05, 3.63) is 36.3 Å². The Morgan fingerprint density at radius 2 is 2.46 bits per heavy atom. The van der Waals surface area contributed by atoms with Crippen molar-refractivity contribution >= 4 is 11.7 Å². The average Bonchev–Trinajstić information content (AvgIpc) is 2.57. The molecule has 2 aromatic rings. The van der Waals surface area contributed by atoms with Crippen molar-refractivity contribution in [3.63, 3.8) is 0 Å². The van der Waals surface area contributed by atoms with Gasteiger partial charge in [0, 0.05) is 12.4 Å². The van der Waals surface area contributed by atoms with Crippen LogP contribution in [0, 0.1) is 0 Å². The Bertz CT molecular complexity index is 435. The van der Waals surface area contributed by atoms with E-state index in [1.165, 1.54) is 6.08 Å². The van der Waals surface area contributed by atoms with Gasteiger partial charge in [0.2, 0.25) is 6.08 Å². The van der Waals surface area contributed by atoms with E-state index in [2.05, 4.69) is 9.98 Å². The van der Waals surface area contributed by atoms with Crippen LogP contribution in [-0.2, 0) is 11.3 Å². The predicted molar refractivity (Wildman–Crippen MR) is 47.0 cm³/mol. The Balaban J connectivity index is 2.43. The van der Waals surface area contributed by atoms with Gasteiger partial charge in [-0.15, -0.1) is 0 Å². The fourth-order valence-corrected chi connectivity index (χ4v) is 1.18. The van der Waals surface area contributed by atoms with Crippen LogP contribution >= 0.6 is 0 Å². The van der Waals surface area contributed by atoms with Crippen LogP contribution in [0.25, 0.3) is 5.65 Å². The van der Waals surface area contributed by atoms with E-state index in [1.54, 1.807) is 0 Å². The molecule has 0 aliphatic rings. The van der Waals surface area contributed by atoms with Gasteiger partial charge in [0.05, 0.1) is 12.2 Å². The molecule has 2 rings (SSSR count). The van der Waals surface area contributed by atoms with Gasteiger partial charge in [-0.25, -0.2) is 9.78 Å². The number of imidazole rings is 1. The van der Waals surface area contributed by atoms with Gasteiger partial charge in [-0.1, -0.05) is 6.07 Å². The third-order valence-corrected chi connectivity index (χ3v) is 1.72. The van der Waals surface area contributed by atoms with E-state index in [1.807, 2.05) is 35.0 Å². The van der Waals surface area contributed by atoms with Crippen LogP contribution in [0.15, 0.2) is 35.6 Å². The zero-order valence-electron chi connectivity index (χ0n) is 6.84. The van der Waals surface area contributed by atoms with Crippen molar-refractivity contribution in [1.29, 1.82) is 0 Å². The number of fused-ring (bicyclic) bond motifs is 1. The first-order valence-corrected chi connectivity index (χ1v) is 3.86. The van der Waals surface area contributed by atoms with Crippen LogP contribution in [0.4, 0.5) is 0 Å². The lowest BCUT2D eigenvalue weighted by Gasteiger charge is -1.86. The fourth-order valence-electron chi connectivity index (χ4n) is 1.18. The molecule has 0 fully saturated rings. The summed E-state index contributed by atoms with van der Waals surface area (Å²) < 4.78 is 1.88. The molecular weight excluding hydrogens is 166 g/mol. The van der Waals surface area contributed by atoms with Gasteiger partial charge < -0.3 is 4.40 Å². The van der Waals surface area contributed by atoms with E-state index in [4.69, 9.17) is 0 Å². The number of aromatic nitrogens is 2. The molecule has 0 unspecified atom stereocenters. The van der Waals surface area contributed by atoms with Crippen LogP contribution in [0.2, 0.25) is 0 Å². The molecule has 0 amide bonds. The van der Waals surface area contributed by atoms with Gasteiger partial charge >= 0.3 is 0 Å². The Morgan fingerprint density at radius 1 is 1.54 bits per heavy atom. The van der Waals surface area contributed by atoms with Crippen LogP contribution in [-0.4, -0.2) is 15.5 Å². The Kier molecular flexibility index (Phi) is 1.90. The van der Waals surface area contributed by atoms with E-state index in [-0.39, 0.29) is 0 Å². The van der Waals surface area contributed by atoms with E-state index in [0.29, 0.717) is 6.54 Å². The van der Waals surface area contributed by atoms with Gasteiger partial charge in [-0.05, 0) is 12.1 Å². The molecule has 0 radical (unpaired) electrons. The summed E-state index contributed by atoms with van der Waals surface area (Å²) in [5.74, 6) is 0. The van der Waals surface area contributed by atoms with Gasteiger partial charge in [0.15, 0.2) is 0 Å². The number of pyridine rings is 1. The summed E-state index contributed by atoms with van der Waals surface area (Å²) in [6.45, 7) is 0.297. The third kappa shape index (κ3) is 1.48. The second-order valence-electron chi connectivity index (χ2n) is 2.61. The SMILES string of the molecule is O=C=NCc1cn2ccccc2n1. The molecule has 0 N–H and O–H groups in total. The monoisotopic (exact) mass is 173 g/mol. The number of nitrogens with zero attached hydrogens (tertiary/aromatic N) is 3. The van der Waals surface area contributed by atoms with Crippen LogP contribution in [0.3, 0.4) is 0 Å². The average molecular weight is 173 g/mol. The molecule has 64 valence electrons. The van der Waals surface area contributed by atoms with Crippen LogP contribution < -0.4 is 0 Å². The van der Waals surface area contributed by atoms with Gasteiger partial charge in [-0.3, -0.25) is 0 Å². The summed E-state index contributed by atoms with van der Waals surface area (Å²) in [6.07, 6.45) is 5.23. The highest BCUT2D eigenvalue weighted by atomic mass is 16.1. The van der Waals surface area contributed by atoms with Gasteiger partial charge in [-0.2, -0.15) is 4.99 Å². The summed E-state index contributed by atoms with van der Waals surface area (Å²) >= 11 is 0. The second kappa shape index (κ2) is 3.21. The summed E-state index contributed by atoms with van der Waals surface area (Å²) in [6, 6.07) is 5.73. The molecule has 0 saturated carbocycles. The molecular formula is C9H7N3O. The van der Waals surface area contributed by atoms with E-state index < -0.39 is 0 Å². The largest absolute Gasteiger partial charge is 0.307 e. The van der Waals surface area contributed by atoms with E-state index in [0.717, 1.165) is 11.3 Å². The topological polar surface area (TPSA) is 46.7 Å². The minimum absolute atomic E-state index is 0.297. The number of hydrogen-bond donors (Lipinski definition) is 0. The Morgan fingerprint density at radius 3 is 3.23 bits per heavy atom. The maximum absolute atomic E-state index is 9.87. The predicted octanol–water partition coefficient (Wildman–Crippen LogP) is 1.17. The molecule has 0 saturated heterocycles. The smallest absolute Gasteiger partial charge is 0.235 e.